The van der Waals surface area contributed by atoms with Crippen LogP contribution in [0.1, 0.15) is 16.7 Å². The van der Waals surface area contributed by atoms with Crippen molar-refractivity contribution in [3.05, 3.63) is 95.1 Å². The molecule has 31 heavy (non-hydrogen) atoms. The Labute approximate surface area is 180 Å². The van der Waals surface area contributed by atoms with Crippen LogP contribution in [0.5, 0.6) is 0 Å². The molecule has 5 heteroatoms. The molecule has 0 spiro atoms. The smallest absolute Gasteiger partial charge is 0.157 e. The summed E-state index contributed by atoms with van der Waals surface area (Å²) < 4.78 is 6.30. The molecule has 0 saturated heterocycles. The predicted octanol–water partition coefficient (Wildman–Crippen LogP) is 5.90. The molecule has 3 aromatic carbocycles. The van der Waals surface area contributed by atoms with E-state index in [1.165, 1.54) is 5.56 Å². The Bertz CT molecular complexity index is 1480. The second kappa shape index (κ2) is 7.69. The summed E-state index contributed by atoms with van der Waals surface area (Å²) in [5, 5.41) is 7.45. The Morgan fingerprint density at radius 2 is 1.65 bits per heavy atom. The van der Waals surface area contributed by atoms with E-state index in [1.54, 1.807) is 6.33 Å². The van der Waals surface area contributed by atoms with Crippen LogP contribution in [0, 0.1) is 20.8 Å². The highest BCUT2D eigenvalue weighted by Crippen LogP contribution is 2.25. The Morgan fingerprint density at radius 1 is 0.839 bits per heavy atom. The van der Waals surface area contributed by atoms with E-state index >= 15 is 0 Å². The first-order valence-electron chi connectivity index (χ1n) is 10.2. The van der Waals surface area contributed by atoms with Gasteiger partial charge in [0.05, 0.1) is 10.9 Å². The number of benzene rings is 3. The monoisotopic (exact) mass is 406 g/mol. The SMILES string of the molecule is Cc1ccc(-c2c/c(=N/Nc3ncnc4ccccc34)c3c(C)cc(C)cc3o2)cc1. The number of para-hydroxylation sites is 1. The van der Waals surface area contributed by atoms with Crippen molar-refractivity contribution in [1.82, 2.24) is 9.97 Å². The Balaban J connectivity index is 1.71. The normalized spacial score (nSPS) is 11.9. The van der Waals surface area contributed by atoms with E-state index in [9.17, 15) is 0 Å². The molecule has 152 valence electrons. The molecule has 0 aliphatic rings. The molecular weight excluding hydrogens is 384 g/mol. The van der Waals surface area contributed by atoms with Crippen LogP contribution < -0.4 is 10.8 Å². The van der Waals surface area contributed by atoms with Gasteiger partial charge in [-0.25, -0.2) is 9.97 Å². The first kappa shape index (κ1) is 19.0. The van der Waals surface area contributed by atoms with Gasteiger partial charge in [-0.15, -0.1) is 0 Å². The fourth-order valence-corrected chi connectivity index (χ4v) is 3.84. The zero-order valence-corrected chi connectivity index (χ0v) is 17.7. The summed E-state index contributed by atoms with van der Waals surface area (Å²) in [4.78, 5) is 8.71. The lowest BCUT2D eigenvalue weighted by Gasteiger charge is -2.09. The standard InChI is InChI=1S/C26H22N4O/c1-16-8-10-19(11-9-16)23-14-22(25-18(3)12-17(2)13-24(25)31-23)29-30-26-20-6-4-5-7-21(20)27-15-28-26/h4-15H,1-3H3,(H,27,28,30)/b29-22-. The first-order chi connectivity index (χ1) is 15.1. The summed E-state index contributed by atoms with van der Waals surface area (Å²) in [6.45, 7) is 6.23. The summed E-state index contributed by atoms with van der Waals surface area (Å²) in [7, 11) is 0. The van der Waals surface area contributed by atoms with E-state index in [-0.39, 0.29) is 0 Å². The third-order valence-electron chi connectivity index (χ3n) is 5.35. The number of anilines is 1. The van der Waals surface area contributed by atoms with Gasteiger partial charge in [0, 0.05) is 22.4 Å². The van der Waals surface area contributed by atoms with Gasteiger partial charge < -0.3 is 4.42 Å². The number of aryl methyl sites for hydroxylation is 3. The van der Waals surface area contributed by atoms with E-state index in [0.717, 1.165) is 49.7 Å². The summed E-state index contributed by atoms with van der Waals surface area (Å²) >= 11 is 0. The van der Waals surface area contributed by atoms with Gasteiger partial charge >= 0.3 is 0 Å². The van der Waals surface area contributed by atoms with Gasteiger partial charge in [-0.1, -0.05) is 48.0 Å². The van der Waals surface area contributed by atoms with Gasteiger partial charge in [-0.05, 0) is 50.1 Å². The van der Waals surface area contributed by atoms with Crippen molar-refractivity contribution < 1.29 is 4.42 Å². The minimum atomic E-state index is 0.668. The fraction of sp³-hybridized carbons (Fsp3) is 0.115. The van der Waals surface area contributed by atoms with Gasteiger partial charge in [0.25, 0.3) is 0 Å². The first-order valence-corrected chi connectivity index (χ1v) is 10.2. The van der Waals surface area contributed by atoms with Crippen LogP contribution in [0.3, 0.4) is 0 Å². The van der Waals surface area contributed by atoms with E-state index in [1.807, 2.05) is 30.3 Å². The van der Waals surface area contributed by atoms with Crippen LogP contribution in [0.15, 0.2) is 82.6 Å². The zero-order chi connectivity index (χ0) is 21.4. The largest absolute Gasteiger partial charge is 0.456 e. The highest BCUT2D eigenvalue weighted by atomic mass is 16.3. The van der Waals surface area contributed by atoms with Crippen molar-refractivity contribution in [2.75, 3.05) is 5.43 Å². The third kappa shape index (κ3) is 3.66. The number of aromatic nitrogens is 2. The van der Waals surface area contributed by atoms with Crippen molar-refractivity contribution in [1.29, 1.82) is 0 Å². The van der Waals surface area contributed by atoms with E-state index in [4.69, 9.17) is 9.52 Å². The molecule has 0 bridgehead atoms. The van der Waals surface area contributed by atoms with Gasteiger partial charge in [0.2, 0.25) is 0 Å². The molecular formula is C26H22N4O. The van der Waals surface area contributed by atoms with E-state index in [2.05, 4.69) is 72.6 Å². The van der Waals surface area contributed by atoms with Crippen LogP contribution in [-0.2, 0) is 0 Å². The average molecular weight is 406 g/mol. The molecule has 0 fully saturated rings. The maximum atomic E-state index is 6.30. The molecule has 0 saturated carbocycles. The molecule has 5 nitrogen and oxygen atoms in total. The summed E-state index contributed by atoms with van der Waals surface area (Å²) in [6.07, 6.45) is 1.55. The van der Waals surface area contributed by atoms with Gasteiger partial charge in [-0.2, -0.15) is 5.10 Å². The van der Waals surface area contributed by atoms with Crippen molar-refractivity contribution in [3.8, 4) is 11.3 Å². The lowest BCUT2D eigenvalue weighted by atomic mass is 10.0. The maximum Gasteiger partial charge on any atom is 0.157 e. The number of rotatable bonds is 3. The number of hydrogen-bond donors (Lipinski definition) is 1. The Hall–Kier alpha value is -3.99. The molecule has 0 radical (unpaired) electrons. The molecule has 2 heterocycles. The molecule has 0 unspecified atom stereocenters. The second-order valence-corrected chi connectivity index (χ2v) is 7.78. The summed E-state index contributed by atoms with van der Waals surface area (Å²) in [5.41, 5.74) is 9.32. The molecule has 2 aromatic heterocycles. The summed E-state index contributed by atoms with van der Waals surface area (Å²) in [5.74, 6) is 1.44. The summed E-state index contributed by atoms with van der Waals surface area (Å²) in [6, 6.07) is 22.3. The molecule has 5 aromatic rings. The van der Waals surface area contributed by atoms with E-state index < -0.39 is 0 Å². The average Bonchev–Trinajstić information content (AvgIpc) is 2.77. The molecule has 0 atom stereocenters. The van der Waals surface area contributed by atoms with Crippen LogP contribution in [-0.4, -0.2) is 9.97 Å². The Kier molecular flexibility index (Phi) is 4.71. The number of nitrogens with zero attached hydrogens (tertiary/aromatic N) is 3. The van der Waals surface area contributed by atoms with Crippen LogP contribution in [0.2, 0.25) is 0 Å². The highest BCUT2D eigenvalue weighted by molar-refractivity contribution is 5.88. The predicted molar refractivity (Wildman–Crippen MR) is 125 cm³/mol. The van der Waals surface area contributed by atoms with Gasteiger partial charge in [0.1, 0.15) is 17.7 Å². The minimum absolute atomic E-state index is 0.668. The van der Waals surface area contributed by atoms with Crippen molar-refractivity contribution in [3.63, 3.8) is 0 Å². The fourth-order valence-electron chi connectivity index (χ4n) is 3.84. The Morgan fingerprint density at radius 3 is 2.48 bits per heavy atom. The van der Waals surface area contributed by atoms with Crippen LogP contribution in [0.25, 0.3) is 33.2 Å². The lowest BCUT2D eigenvalue weighted by molar-refractivity contribution is 0.617. The number of nitrogens with one attached hydrogen (secondary N) is 1. The zero-order valence-electron chi connectivity index (χ0n) is 17.7. The lowest BCUT2D eigenvalue weighted by Crippen LogP contribution is -2.10. The molecule has 0 aliphatic heterocycles. The molecule has 1 N–H and O–H groups in total. The van der Waals surface area contributed by atoms with Crippen molar-refractivity contribution in [2.24, 2.45) is 5.10 Å². The van der Waals surface area contributed by atoms with Crippen LogP contribution >= 0.6 is 0 Å². The molecule has 0 amide bonds. The van der Waals surface area contributed by atoms with Gasteiger partial charge in [0.15, 0.2) is 5.82 Å². The topological polar surface area (TPSA) is 63.3 Å². The minimum Gasteiger partial charge on any atom is -0.456 e. The van der Waals surface area contributed by atoms with E-state index in [0.29, 0.717) is 5.82 Å². The number of hydrogen-bond acceptors (Lipinski definition) is 5. The van der Waals surface area contributed by atoms with Gasteiger partial charge in [-0.3, -0.25) is 5.43 Å². The van der Waals surface area contributed by atoms with Crippen molar-refractivity contribution in [2.45, 2.75) is 20.8 Å². The van der Waals surface area contributed by atoms with Crippen molar-refractivity contribution >= 4 is 27.7 Å². The van der Waals surface area contributed by atoms with Crippen LogP contribution in [0.4, 0.5) is 5.82 Å². The molecule has 5 rings (SSSR count). The second-order valence-electron chi connectivity index (χ2n) is 7.78. The highest BCUT2D eigenvalue weighted by Gasteiger charge is 2.10. The molecule has 0 aliphatic carbocycles. The number of fused-ring (bicyclic) bond motifs is 2. The quantitative estimate of drug-likeness (QED) is 0.379. The maximum absolute atomic E-state index is 6.30. The third-order valence-corrected chi connectivity index (χ3v) is 5.35.